The normalized spacial score (nSPS) is 16.5. The zero-order chi connectivity index (χ0) is 16.1. The molecule has 0 aromatic carbocycles. The summed E-state index contributed by atoms with van der Waals surface area (Å²) in [5, 5.41) is 2.82. The number of imidazole rings is 1. The monoisotopic (exact) mass is 313 g/mol. The van der Waals surface area contributed by atoms with Crippen molar-refractivity contribution in [1.29, 1.82) is 0 Å². The molecular formula is C17H23N5O. The van der Waals surface area contributed by atoms with Crippen LogP contribution in [0, 0.1) is 0 Å². The van der Waals surface area contributed by atoms with E-state index in [2.05, 4.69) is 37.3 Å². The lowest BCUT2D eigenvalue weighted by molar-refractivity contribution is -0.122. The van der Waals surface area contributed by atoms with Gasteiger partial charge in [0.25, 0.3) is 0 Å². The molecule has 3 heterocycles. The molecule has 2 aromatic rings. The highest BCUT2D eigenvalue weighted by Crippen LogP contribution is 2.09. The molecule has 1 saturated heterocycles. The lowest BCUT2D eigenvalue weighted by atomic mass is 10.3. The quantitative estimate of drug-likeness (QED) is 0.800. The maximum absolute atomic E-state index is 11.7. The molecule has 6 nitrogen and oxygen atoms in total. The smallest absolute Gasteiger partial charge is 0.234 e. The molecule has 122 valence electrons. The lowest BCUT2D eigenvalue weighted by Crippen LogP contribution is -2.49. The number of fused-ring (bicyclic) bond motifs is 1. The molecule has 0 unspecified atom stereocenters. The van der Waals surface area contributed by atoms with Crippen LogP contribution in [-0.4, -0.2) is 64.4 Å². The second-order valence-electron chi connectivity index (χ2n) is 5.84. The van der Waals surface area contributed by atoms with Crippen LogP contribution < -0.4 is 5.32 Å². The summed E-state index contributed by atoms with van der Waals surface area (Å²) in [6, 6.07) is 6.03. The zero-order valence-electron chi connectivity index (χ0n) is 13.3. The number of nitrogens with one attached hydrogen (secondary N) is 1. The summed E-state index contributed by atoms with van der Waals surface area (Å²) in [7, 11) is 0. The molecule has 0 saturated carbocycles. The molecule has 1 aliphatic rings. The molecule has 0 radical (unpaired) electrons. The maximum atomic E-state index is 11.7. The minimum atomic E-state index is 0.0682. The van der Waals surface area contributed by atoms with Crippen molar-refractivity contribution in [2.75, 3.05) is 39.3 Å². The number of amides is 1. The first kappa shape index (κ1) is 15.7. The van der Waals surface area contributed by atoms with E-state index >= 15 is 0 Å². The molecule has 1 N–H and O–H groups in total. The Labute approximate surface area is 136 Å². The summed E-state index contributed by atoms with van der Waals surface area (Å²) in [5.41, 5.74) is 2.08. The van der Waals surface area contributed by atoms with Gasteiger partial charge in [0.1, 0.15) is 5.65 Å². The van der Waals surface area contributed by atoms with Gasteiger partial charge in [0, 0.05) is 51.7 Å². The van der Waals surface area contributed by atoms with Crippen LogP contribution in [0.25, 0.3) is 5.65 Å². The van der Waals surface area contributed by atoms with Crippen LogP contribution in [0.5, 0.6) is 0 Å². The second kappa shape index (κ2) is 7.39. The van der Waals surface area contributed by atoms with Crippen LogP contribution in [0.1, 0.15) is 5.69 Å². The third-order valence-corrected chi connectivity index (χ3v) is 4.08. The van der Waals surface area contributed by atoms with Gasteiger partial charge in [-0.2, -0.15) is 0 Å². The number of carbonyl (C=O) groups excluding carboxylic acids is 1. The van der Waals surface area contributed by atoms with E-state index in [9.17, 15) is 4.79 Å². The number of hydrogen-bond acceptors (Lipinski definition) is 4. The molecular weight excluding hydrogens is 290 g/mol. The summed E-state index contributed by atoms with van der Waals surface area (Å²) >= 11 is 0. The van der Waals surface area contributed by atoms with Gasteiger partial charge in [-0.3, -0.25) is 14.6 Å². The Balaban J connectivity index is 1.47. The predicted molar refractivity (Wildman–Crippen MR) is 90.1 cm³/mol. The summed E-state index contributed by atoms with van der Waals surface area (Å²) in [6.07, 6.45) is 5.81. The van der Waals surface area contributed by atoms with Gasteiger partial charge >= 0.3 is 0 Å². The fourth-order valence-corrected chi connectivity index (χ4v) is 2.84. The molecule has 1 aliphatic heterocycles. The summed E-state index contributed by atoms with van der Waals surface area (Å²) < 4.78 is 2.05. The number of nitrogens with zero attached hydrogens (tertiary/aromatic N) is 4. The van der Waals surface area contributed by atoms with E-state index in [1.165, 1.54) is 0 Å². The van der Waals surface area contributed by atoms with Gasteiger partial charge in [-0.15, -0.1) is 6.58 Å². The van der Waals surface area contributed by atoms with Gasteiger partial charge in [0.15, 0.2) is 0 Å². The van der Waals surface area contributed by atoms with Crippen LogP contribution >= 0.6 is 0 Å². The van der Waals surface area contributed by atoms with Crippen molar-refractivity contribution < 1.29 is 4.79 Å². The van der Waals surface area contributed by atoms with E-state index in [0.717, 1.165) is 44.1 Å². The number of aromatic nitrogens is 2. The molecule has 23 heavy (non-hydrogen) atoms. The Morgan fingerprint density at radius 2 is 2.04 bits per heavy atom. The van der Waals surface area contributed by atoms with Gasteiger partial charge in [0.05, 0.1) is 12.2 Å². The molecule has 1 amide bonds. The van der Waals surface area contributed by atoms with Crippen molar-refractivity contribution in [2.45, 2.75) is 6.54 Å². The largest absolute Gasteiger partial charge is 0.352 e. The zero-order valence-corrected chi connectivity index (χ0v) is 13.3. The molecule has 0 atom stereocenters. The van der Waals surface area contributed by atoms with Crippen LogP contribution in [0.3, 0.4) is 0 Å². The summed E-state index contributed by atoms with van der Waals surface area (Å²) in [6.45, 7) is 9.21. The van der Waals surface area contributed by atoms with Gasteiger partial charge in [-0.05, 0) is 12.1 Å². The minimum absolute atomic E-state index is 0.0682. The van der Waals surface area contributed by atoms with E-state index in [1.807, 2.05) is 24.4 Å². The first-order valence-corrected chi connectivity index (χ1v) is 7.99. The third kappa shape index (κ3) is 4.18. The van der Waals surface area contributed by atoms with E-state index in [4.69, 9.17) is 0 Å². The minimum Gasteiger partial charge on any atom is -0.352 e. The van der Waals surface area contributed by atoms with Crippen molar-refractivity contribution in [1.82, 2.24) is 24.5 Å². The third-order valence-electron chi connectivity index (χ3n) is 4.08. The average Bonchev–Trinajstić information content (AvgIpc) is 2.97. The van der Waals surface area contributed by atoms with Crippen molar-refractivity contribution in [3.63, 3.8) is 0 Å². The standard InChI is InChI=1S/C17H23N5O/c1-2-6-18-17(23)14-21-10-8-20(9-11-21)12-15-13-22-7-4-3-5-16(22)19-15/h2-5,7,13H,1,6,8-12,14H2,(H,18,23). The van der Waals surface area contributed by atoms with Gasteiger partial charge in [-0.1, -0.05) is 12.1 Å². The Morgan fingerprint density at radius 3 is 2.78 bits per heavy atom. The number of pyridine rings is 1. The fourth-order valence-electron chi connectivity index (χ4n) is 2.84. The van der Waals surface area contributed by atoms with Crippen molar-refractivity contribution in [3.8, 4) is 0 Å². The molecule has 3 rings (SSSR count). The summed E-state index contributed by atoms with van der Waals surface area (Å²) in [5.74, 6) is 0.0682. The Morgan fingerprint density at radius 1 is 1.26 bits per heavy atom. The van der Waals surface area contributed by atoms with Gasteiger partial charge in [-0.25, -0.2) is 4.98 Å². The average molecular weight is 313 g/mol. The van der Waals surface area contributed by atoms with Crippen molar-refractivity contribution in [2.24, 2.45) is 0 Å². The predicted octanol–water partition coefficient (Wildman–Crippen LogP) is 0.754. The molecule has 0 bridgehead atoms. The van der Waals surface area contributed by atoms with Crippen LogP contribution in [0.4, 0.5) is 0 Å². The Kier molecular flexibility index (Phi) is 5.05. The van der Waals surface area contributed by atoms with Crippen molar-refractivity contribution in [3.05, 3.63) is 48.9 Å². The molecule has 0 spiro atoms. The molecule has 1 fully saturated rings. The highest BCUT2D eigenvalue weighted by Gasteiger charge is 2.19. The van der Waals surface area contributed by atoms with E-state index in [0.29, 0.717) is 13.1 Å². The first-order valence-electron chi connectivity index (χ1n) is 7.99. The molecule has 6 heteroatoms. The van der Waals surface area contributed by atoms with Crippen LogP contribution in [0.2, 0.25) is 0 Å². The maximum Gasteiger partial charge on any atom is 0.234 e. The number of carbonyl (C=O) groups is 1. The Hall–Kier alpha value is -2.18. The van der Waals surface area contributed by atoms with E-state index in [1.54, 1.807) is 6.08 Å². The highest BCUT2D eigenvalue weighted by molar-refractivity contribution is 5.78. The van der Waals surface area contributed by atoms with Crippen LogP contribution in [-0.2, 0) is 11.3 Å². The highest BCUT2D eigenvalue weighted by atomic mass is 16.2. The number of rotatable bonds is 6. The van der Waals surface area contributed by atoms with Crippen molar-refractivity contribution >= 4 is 11.6 Å². The number of piperazine rings is 1. The topological polar surface area (TPSA) is 52.9 Å². The molecule has 0 aliphatic carbocycles. The number of hydrogen-bond donors (Lipinski definition) is 1. The van der Waals surface area contributed by atoms with Gasteiger partial charge in [0.2, 0.25) is 5.91 Å². The first-order chi connectivity index (χ1) is 11.2. The fraction of sp³-hybridized carbons (Fsp3) is 0.412. The summed E-state index contributed by atoms with van der Waals surface area (Å²) in [4.78, 5) is 20.9. The van der Waals surface area contributed by atoms with E-state index < -0.39 is 0 Å². The SMILES string of the molecule is C=CCNC(=O)CN1CCN(Cc2cn3ccccc3n2)CC1. The Bertz CT molecular complexity index is 639. The lowest BCUT2D eigenvalue weighted by Gasteiger charge is -2.33. The second-order valence-corrected chi connectivity index (χ2v) is 5.84. The van der Waals surface area contributed by atoms with E-state index in [-0.39, 0.29) is 5.91 Å². The molecule has 2 aromatic heterocycles. The van der Waals surface area contributed by atoms with Crippen LogP contribution in [0.15, 0.2) is 43.2 Å². The van der Waals surface area contributed by atoms with Gasteiger partial charge < -0.3 is 9.72 Å².